The van der Waals surface area contributed by atoms with E-state index in [-0.39, 0.29) is 0 Å². The molecule has 3 nitrogen and oxygen atoms in total. The summed E-state index contributed by atoms with van der Waals surface area (Å²) in [5.41, 5.74) is 6.81. The molecule has 2 heterocycles. The lowest BCUT2D eigenvalue weighted by Gasteiger charge is -2.43. The van der Waals surface area contributed by atoms with Crippen LogP contribution in [-0.4, -0.2) is 19.7 Å². The fourth-order valence-corrected chi connectivity index (χ4v) is 5.02. The summed E-state index contributed by atoms with van der Waals surface area (Å²) in [5, 5.41) is 3.72. The van der Waals surface area contributed by atoms with Crippen LogP contribution in [0.4, 0.5) is 11.4 Å². The predicted octanol–water partition coefficient (Wildman–Crippen LogP) is 5.40. The van der Waals surface area contributed by atoms with Crippen molar-refractivity contribution in [1.82, 2.24) is 0 Å². The Hall–Kier alpha value is -2.94. The van der Waals surface area contributed by atoms with E-state index in [0.717, 1.165) is 18.7 Å². The summed E-state index contributed by atoms with van der Waals surface area (Å²) in [7, 11) is 1.74. The van der Waals surface area contributed by atoms with Crippen LogP contribution in [-0.2, 0) is 6.42 Å². The summed E-state index contributed by atoms with van der Waals surface area (Å²) >= 11 is 0. The molecule has 5 rings (SSSR count). The number of nitrogens with one attached hydrogen (secondary N) is 1. The zero-order valence-corrected chi connectivity index (χ0v) is 16.4. The SMILES string of the molecule is COc1ccc2c(c1)C(C1c3ccccc3CCN1c1ccccc1)C(C)N2. The highest BCUT2D eigenvalue weighted by Gasteiger charge is 2.41. The van der Waals surface area contributed by atoms with Crippen molar-refractivity contribution < 1.29 is 4.74 Å². The molecule has 0 radical (unpaired) electrons. The smallest absolute Gasteiger partial charge is 0.119 e. The molecule has 142 valence electrons. The summed E-state index contributed by atoms with van der Waals surface area (Å²) in [6.45, 7) is 3.34. The van der Waals surface area contributed by atoms with Crippen molar-refractivity contribution in [3.8, 4) is 5.75 Å². The Balaban J connectivity index is 1.67. The molecule has 2 aliphatic heterocycles. The fraction of sp³-hybridized carbons (Fsp3) is 0.280. The average molecular weight is 370 g/mol. The van der Waals surface area contributed by atoms with Gasteiger partial charge in [0.1, 0.15) is 5.75 Å². The maximum atomic E-state index is 5.55. The van der Waals surface area contributed by atoms with E-state index in [1.165, 1.54) is 28.1 Å². The van der Waals surface area contributed by atoms with Gasteiger partial charge in [0.25, 0.3) is 0 Å². The van der Waals surface area contributed by atoms with Gasteiger partial charge in [0.15, 0.2) is 0 Å². The Kier molecular flexibility index (Phi) is 4.23. The van der Waals surface area contributed by atoms with E-state index < -0.39 is 0 Å². The molecule has 0 fully saturated rings. The van der Waals surface area contributed by atoms with Gasteiger partial charge in [-0.1, -0.05) is 42.5 Å². The molecule has 0 spiro atoms. The summed E-state index contributed by atoms with van der Waals surface area (Å²) in [4.78, 5) is 2.60. The van der Waals surface area contributed by atoms with Crippen molar-refractivity contribution in [3.05, 3.63) is 89.5 Å². The first-order valence-electron chi connectivity index (χ1n) is 10.1. The van der Waals surface area contributed by atoms with Gasteiger partial charge < -0.3 is 15.0 Å². The maximum Gasteiger partial charge on any atom is 0.119 e. The first kappa shape index (κ1) is 17.2. The van der Waals surface area contributed by atoms with Gasteiger partial charge in [0.2, 0.25) is 0 Å². The van der Waals surface area contributed by atoms with E-state index in [0.29, 0.717) is 18.0 Å². The molecule has 3 aromatic rings. The van der Waals surface area contributed by atoms with Gasteiger partial charge in [-0.25, -0.2) is 0 Å². The number of fused-ring (bicyclic) bond motifs is 2. The third-order valence-corrected chi connectivity index (χ3v) is 6.30. The normalized spacial score (nSPS) is 22.9. The summed E-state index contributed by atoms with van der Waals surface area (Å²) in [5.74, 6) is 1.28. The average Bonchev–Trinajstić information content (AvgIpc) is 3.08. The van der Waals surface area contributed by atoms with Crippen LogP contribution in [0.1, 0.15) is 35.6 Å². The summed E-state index contributed by atoms with van der Waals surface area (Å²) in [6.07, 6.45) is 1.08. The molecule has 28 heavy (non-hydrogen) atoms. The van der Waals surface area contributed by atoms with Gasteiger partial charge in [-0.2, -0.15) is 0 Å². The molecule has 3 atom stereocenters. The van der Waals surface area contributed by atoms with Crippen LogP contribution < -0.4 is 15.0 Å². The number of anilines is 2. The van der Waals surface area contributed by atoms with E-state index in [1.807, 2.05) is 6.07 Å². The minimum absolute atomic E-state index is 0.295. The number of para-hydroxylation sites is 1. The second kappa shape index (κ2) is 6.90. The molecule has 0 aliphatic carbocycles. The standard InChI is InChI=1S/C25H26N2O/c1-17-24(22-16-20(28-2)12-13-23(22)26-17)25-21-11-7-6-8-18(21)14-15-27(25)19-9-4-3-5-10-19/h3-13,16-17,24-26H,14-15H2,1-2H3. The van der Waals surface area contributed by atoms with Crippen LogP contribution in [0.3, 0.4) is 0 Å². The lowest BCUT2D eigenvalue weighted by atomic mass is 9.79. The Morgan fingerprint density at radius 3 is 2.54 bits per heavy atom. The highest BCUT2D eigenvalue weighted by Crippen LogP contribution is 2.50. The van der Waals surface area contributed by atoms with Crippen LogP contribution in [0, 0.1) is 0 Å². The zero-order chi connectivity index (χ0) is 19.1. The van der Waals surface area contributed by atoms with Gasteiger partial charge in [-0.15, -0.1) is 0 Å². The Bertz CT molecular complexity index is 985. The van der Waals surface area contributed by atoms with Crippen LogP contribution in [0.5, 0.6) is 5.75 Å². The monoisotopic (exact) mass is 370 g/mol. The maximum absolute atomic E-state index is 5.55. The number of rotatable bonds is 3. The summed E-state index contributed by atoms with van der Waals surface area (Å²) in [6, 6.07) is 26.9. The molecule has 0 saturated heterocycles. The molecular weight excluding hydrogens is 344 g/mol. The van der Waals surface area contributed by atoms with Crippen molar-refractivity contribution in [2.75, 3.05) is 23.9 Å². The molecule has 0 bridgehead atoms. The molecular formula is C25H26N2O. The van der Waals surface area contributed by atoms with E-state index in [2.05, 4.69) is 83.9 Å². The van der Waals surface area contributed by atoms with Crippen molar-refractivity contribution in [2.24, 2.45) is 0 Å². The third-order valence-electron chi connectivity index (χ3n) is 6.30. The number of methoxy groups -OCH3 is 1. The van der Waals surface area contributed by atoms with Gasteiger partial charge >= 0.3 is 0 Å². The fourth-order valence-electron chi connectivity index (χ4n) is 5.02. The number of hydrogen-bond acceptors (Lipinski definition) is 3. The van der Waals surface area contributed by atoms with Crippen LogP contribution in [0.15, 0.2) is 72.8 Å². The lowest BCUT2D eigenvalue weighted by Crippen LogP contribution is -2.41. The second-order valence-corrected chi connectivity index (χ2v) is 7.83. The number of hydrogen-bond donors (Lipinski definition) is 1. The van der Waals surface area contributed by atoms with E-state index in [4.69, 9.17) is 4.74 Å². The van der Waals surface area contributed by atoms with Crippen molar-refractivity contribution in [2.45, 2.75) is 31.3 Å². The lowest BCUT2D eigenvalue weighted by molar-refractivity contribution is 0.412. The van der Waals surface area contributed by atoms with Gasteiger partial charge in [0, 0.05) is 29.9 Å². The number of nitrogens with zero attached hydrogens (tertiary/aromatic N) is 1. The topological polar surface area (TPSA) is 24.5 Å². The van der Waals surface area contributed by atoms with E-state index >= 15 is 0 Å². The number of benzene rings is 3. The largest absolute Gasteiger partial charge is 0.497 e. The molecule has 0 amide bonds. The predicted molar refractivity (Wildman–Crippen MR) is 115 cm³/mol. The minimum atomic E-state index is 0.295. The van der Waals surface area contributed by atoms with Crippen molar-refractivity contribution >= 4 is 11.4 Å². The van der Waals surface area contributed by atoms with E-state index in [9.17, 15) is 0 Å². The van der Waals surface area contributed by atoms with Crippen LogP contribution in [0.2, 0.25) is 0 Å². The summed E-state index contributed by atoms with van der Waals surface area (Å²) < 4.78 is 5.55. The molecule has 0 saturated carbocycles. The third kappa shape index (κ3) is 2.73. The molecule has 3 unspecified atom stereocenters. The molecule has 0 aromatic heterocycles. The minimum Gasteiger partial charge on any atom is -0.497 e. The van der Waals surface area contributed by atoms with Crippen molar-refractivity contribution in [1.29, 1.82) is 0 Å². The first-order valence-corrected chi connectivity index (χ1v) is 10.1. The zero-order valence-electron chi connectivity index (χ0n) is 16.4. The van der Waals surface area contributed by atoms with Gasteiger partial charge in [-0.3, -0.25) is 0 Å². The molecule has 2 aliphatic rings. The van der Waals surface area contributed by atoms with Crippen molar-refractivity contribution in [3.63, 3.8) is 0 Å². The second-order valence-electron chi connectivity index (χ2n) is 7.83. The Labute approximate surface area is 167 Å². The Morgan fingerprint density at radius 1 is 0.929 bits per heavy atom. The van der Waals surface area contributed by atoms with Crippen LogP contribution >= 0.6 is 0 Å². The molecule has 3 heteroatoms. The highest BCUT2D eigenvalue weighted by molar-refractivity contribution is 5.64. The van der Waals surface area contributed by atoms with Crippen LogP contribution in [0.25, 0.3) is 0 Å². The van der Waals surface area contributed by atoms with E-state index in [1.54, 1.807) is 7.11 Å². The Morgan fingerprint density at radius 2 is 1.71 bits per heavy atom. The quantitative estimate of drug-likeness (QED) is 0.668. The highest BCUT2D eigenvalue weighted by atomic mass is 16.5. The van der Waals surface area contributed by atoms with Gasteiger partial charge in [-0.05, 0) is 60.4 Å². The van der Waals surface area contributed by atoms with Gasteiger partial charge in [0.05, 0.1) is 13.2 Å². The molecule has 1 N–H and O–H groups in total. The molecule has 3 aromatic carbocycles. The number of ether oxygens (including phenoxy) is 1. The first-order chi connectivity index (χ1) is 13.8.